The minimum atomic E-state index is -0.653. The van der Waals surface area contributed by atoms with E-state index in [1.165, 1.54) is 6.33 Å². The van der Waals surface area contributed by atoms with Crippen molar-refractivity contribution in [3.63, 3.8) is 0 Å². The number of hydrazone groups is 1. The lowest BCUT2D eigenvalue weighted by molar-refractivity contribution is 0.0685. The highest BCUT2D eigenvalue weighted by molar-refractivity contribution is 6.04. The molecule has 3 aromatic rings. The van der Waals surface area contributed by atoms with Gasteiger partial charge in [-0.05, 0) is 54.8 Å². The highest BCUT2D eigenvalue weighted by Gasteiger charge is 2.49. The van der Waals surface area contributed by atoms with Crippen LogP contribution in [-0.2, 0) is 4.74 Å². The van der Waals surface area contributed by atoms with Gasteiger partial charge in [-0.1, -0.05) is 42.5 Å². The first-order valence-corrected chi connectivity index (χ1v) is 11.5. The van der Waals surface area contributed by atoms with Crippen molar-refractivity contribution in [2.45, 2.75) is 31.7 Å². The van der Waals surface area contributed by atoms with Gasteiger partial charge >= 0.3 is 6.09 Å². The molecule has 3 aliphatic heterocycles. The zero-order valence-electron chi connectivity index (χ0n) is 19.4. The Balaban J connectivity index is 1.25. The molecular formula is C27H24N6O2. The van der Waals surface area contributed by atoms with Crippen molar-refractivity contribution in [3.05, 3.63) is 108 Å². The Hall–Kier alpha value is -4.46. The molecule has 6 rings (SSSR count). The number of carbonyl (C=O) groups is 1. The van der Waals surface area contributed by atoms with Crippen LogP contribution in [0.1, 0.15) is 42.7 Å². The number of hydrogen-bond donors (Lipinski definition) is 1. The molecule has 0 aliphatic carbocycles. The van der Waals surface area contributed by atoms with Crippen LogP contribution in [0, 0.1) is 0 Å². The summed E-state index contributed by atoms with van der Waals surface area (Å²) in [5.41, 5.74) is 7.35. The van der Waals surface area contributed by atoms with Crippen LogP contribution in [0.5, 0.6) is 0 Å². The van der Waals surface area contributed by atoms with Gasteiger partial charge in [-0.3, -0.25) is 10.3 Å². The number of allylic oxidation sites excluding steroid dienone is 2. The van der Waals surface area contributed by atoms with Gasteiger partial charge in [-0.25, -0.2) is 14.8 Å². The lowest BCUT2D eigenvalue weighted by Crippen LogP contribution is -2.34. The molecule has 35 heavy (non-hydrogen) atoms. The summed E-state index contributed by atoms with van der Waals surface area (Å²) < 4.78 is 5.75. The van der Waals surface area contributed by atoms with Gasteiger partial charge in [-0.15, -0.1) is 0 Å². The molecule has 2 atom stereocenters. The van der Waals surface area contributed by atoms with E-state index in [-0.39, 0.29) is 18.3 Å². The second-order valence-corrected chi connectivity index (χ2v) is 9.20. The predicted molar refractivity (Wildman–Crippen MR) is 133 cm³/mol. The van der Waals surface area contributed by atoms with E-state index < -0.39 is 5.60 Å². The molecule has 0 bridgehead atoms. The lowest BCUT2D eigenvalue weighted by atomic mass is 9.91. The van der Waals surface area contributed by atoms with Crippen LogP contribution in [0.4, 0.5) is 10.5 Å². The Morgan fingerprint density at radius 1 is 0.971 bits per heavy atom. The number of ether oxygens (including phenoxy) is 1. The Bertz CT molecular complexity index is 1350. The minimum absolute atomic E-state index is 0.146. The van der Waals surface area contributed by atoms with E-state index in [0.29, 0.717) is 0 Å². The molecule has 1 fully saturated rings. The van der Waals surface area contributed by atoms with Crippen LogP contribution in [0.2, 0.25) is 0 Å². The van der Waals surface area contributed by atoms with Gasteiger partial charge in [0.25, 0.3) is 0 Å². The summed E-state index contributed by atoms with van der Waals surface area (Å²) in [7, 11) is 0. The molecule has 1 aromatic heterocycles. The van der Waals surface area contributed by atoms with Gasteiger partial charge in [0.2, 0.25) is 0 Å². The van der Waals surface area contributed by atoms with Gasteiger partial charge in [0.1, 0.15) is 24.1 Å². The summed E-state index contributed by atoms with van der Waals surface area (Å²) in [6, 6.07) is 17.7. The Morgan fingerprint density at radius 3 is 2.46 bits per heavy atom. The van der Waals surface area contributed by atoms with Crippen LogP contribution >= 0.6 is 0 Å². The summed E-state index contributed by atoms with van der Waals surface area (Å²) in [4.78, 5) is 24.9. The number of carbonyl (C=O) groups excluding carboxylic acids is 1. The molecule has 2 aromatic carbocycles. The molecule has 0 spiro atoms. The second kappa shape index (κ2) is 8.09. The van der Waals surface area contributed by atoms with E-state index in [2.05, 4.69) is 25.4 Å². The Kier molecular flexibility index (Phi) is 4.88. The molecule has 8 nitrogen and oxygen atoms in total. The maximum atomic E-state index is 12.9. The van der Waals surface area contributed by atoms with E-state index in [1.807, 2.05) is 86.8 Å². The molecule has 2 unspecified atom stereocenters. The third-order valence-corrected chi connectivity index (χ3v) is 6.50. The van der Waals surface area contributed by atoms with Crippen LogP contribution in [-0.4, -0.2) is 32.4 Å². The molecule has 8 heteroatoms. The first-order chi connectivity index (χ1) is 17.0. The normalized spacial score (nSPS) is 22.3. The number of hydrogen-bond acceptors (Lipinski definition) is 7. The van der Waals surface area contributed by atoms with Crippen LogP contribution < -0.4 is 10.3 Å². The number of cyclic esters (lactones) is 1. The summed E-state index contributed by atoms with van der Waals surface area (Å²) in [5, 5.41) is 4.51. The van der Waals surface area contributed by atoms with Crippen molar-refractivity contribution < 1.29 is 9.53 Å². The monoisotopic (exact) mass is 464 g/mol. The van der Waals surface area contributed by atoms with E-state index in [4.69, 9.17) is 4.74 Å². The van der Waals surface area contributed by atoms with Gasteiger partial charge < -0.3 is 9.64 Å². The van der Waals surface area contributed by atoms with E-state index >= 15 is 0 Å². The van der Waals surface area contributed by atoms with Crippen molar-refractivity contribution in [3.8, 4) is 0 Å². The predicted octanol–water partition coefficient (Wildman–Crippen LogP) is 4.78. The topological polar surface area (TPSA) is 82.9 Å². The van der Waals surface area contributed by atoms with E-state index in [0.717, 1.165) is 33.8 Å². The zero-order valence-corrected chi connectivity index (χ0v) is 19.4. The molecule has 4 heterocycles. The average Bonchev–Trinajstić information content (AvgIpc) is 3.41. The highest BCUT2D eigenvalue weighted by atomic mass is 16.6. The molecule has 0 radical (unpaired) electrons. The molecule has 1 N–H and O–H groups in total. The fourth-order valence-corrected chi connectivity index (χ4v) is 4.86. The molecular weight excluding hydrogens is 440 g/mol. The summed E-state index contributed by atoms with van der Waals surface area (Å²) >= 11 is 0. The summed E-state index contributed by atoms with van der Waals surface area (Å²) in [5.74, 6) is 0.814. The smallest absolute Gasteiger partial charge is 0.415 e. The molecule has 1 saturated heterocycles. The number of anilines is 1. The fraction of sp³-hybridized carbons (Fsp3) is 0.185. The minimum Gasteiger partial charge on any atom is -0.441 e. The third kappa shape index (κ3) is 3.63. The maximum Gasteiger partial charge on any atom is 0.415 e. The highest BCUT2D eigenvalue weighted by Crippen LogP contribution is 2.44. The average molecular weight is 465 g/mol. The van der Waals surface area contributed by atoms with Gasteiger partial charge in [0.05, 0.1) is 0 Å². The SMILES string of the molecule is CC1(C)OC(=O)N(c2ccc(C3NN=C4C=C(c5cncnc5)C=CN43)cc2)C1c1ccccc1. The first kappa shape index (κ1) is 21.1. The van der Waals surface area contributed by atoms with E-state index in [1.54, 1.807) is 17.3 Å². The van der Waals surface area contributed by atoms with Gasteiger partial charge in [0, 0.05) is 29.8 Å². The van der Waals surface area contributed by atoms with Crippen molar-refractivity contribution >= 4 is 23.2 Å². The number of amidine groups is 1. The first-order valence-electron chi connectivity index (χ1n) is 11.5. The molecule has 174 valence electrons. The van der Waals surface area contributed by atoms with Crippen molar-refractivity contribution in [1.29, 1.82) is 0 Å². The third-order valence-electron chi connectivity index (χ3n) is 6.50. The quantitative estimate of drug-likeness (QED) is 0.598. The number of nitrogens with zero attached hydrogens (tertiary/aromatic N) is 5. The van der Waals surface area contributed by atoms with Crippen molar-refractivity contribution in [2.75, 3.05) is 4.90 Å². The van der Waals surface area contributed by atoms with Gasteiger partial charge in [-0.2, -0.15) is 5.10 Å². The number of fused-ring (bicyclic) bond motifs is 1. The second-order valence-electron chi connectivity index (χ2n) is 9.20. The lowest BCUT2D eigenvalue weighted by Gasteiger charge is -2.30. The fourth-order valence-electron chi connectivity index (χ4n) is 4.86. The largest absolute Gasteiger partial charge is 0.441 e. The van der Waals surface area contributed by atoms with Crippen LogP contribution in [0.25, 0.3) is 5.57 Å². The number of rotatable bonds is 4. The standard InChI is InChI=1S/C27H24N6O2/c1-27(2)24(18-6-4-3-5-7-18)33(26(34)35-27)22-10-8-19(9-11-22)25-31-30-23-14-20(12-13-32(23)25)21-15-28-17-29-16-21/h3-17,24-25,31H,1-2H3. The van der Waals surface area contributed by atoms with Crippen molar-refractivity contribution in [2.24, 2.45) is 5.10 Å². The summed E-state index contributed by atoms with van der Waals surface area (Å²) in [6.07, 6.45) is 10.6. The molecule has 3 aliphatic rings. The van der Waals surface area contributed by atoms with Gasteiger partial charge in [0.15, 0.2) is 5.84 Å². The summed E-state index contributed by atoms with van der Waals surface area (Å²) in [6.45, 7) is 3.90. The van der Waals surface area contributed by atoms with Crippen molar-refractivity contribution in [1.82, 2.24) is 20.3 Å². The number of aromatic nitrogens is 2. The Morgan fingerprint density at radius 2 is 1.71 bits per heavy atom. The molecule has 0 saturated carbocycles. The number of nitrogens with one attached hydrogen (secondary N) is 1. The van der Waals surface area contributed by atoms with Crippen LogP contribution in [0.3, 0.4) is 0 Å². The Labute approximate surface area is 203 Å². The number of amides is 1. The zero-order chi connectivity index (χ0) is 24.0. The number of benzene rings is 2. The molecule has 1 amide bonds. The van der Waals surface area contributed by atoms with E-state index in [9.17, 15) is 4.79 Å². The maximum absolute atomic E-state index is 12.9. The van der Waals surface area contributed by atoms with Crippen LogP contribution in [0.15, 0.2) is 96.8 Å².